The summed E-state index contributed by atoms with van der Waals surface area (Å²) < 4.78 is 7.03. The van der Waals surface area contributed by atoms with E-state index in [4.69, 9.17) is 4.74 Å². The van der Waals surface area contributed by atoms with Crippen LogP contribution in [0.15, 0.2) is 54.9 Å². The van der Waals surface area contributed by atoms with Crippen molar-refractivity contribution in [2.24, 2.45) is 0 Å². The Morgan fingerprint density at radius 2 is 1.93 bits per heavy atom. The summed E-state index contributed by atoms with van der Waals surface area (Å²) in [5.41, 5.74) is 1.93. The molecule has 0 unspecified atom stereocenters. The van der Waals surface area contributed by atoms with Crippen LogP contribution in [0.25, 0.3) is 0 Å². The van der Waals surface area contributed by atoms with Crippen LogP contribution in [0.2, 0.25) is 0 Å². The monoisotopic (exact) mass is 394 g/mol. The quantitative estimate of drug-likeness (QED) is 0.617. The van der Waals surface area contributed by atoms with Crippen molar-refractivity contribution in [2.75, 3.05) is 14.1 Å². The highest BCUT2D eigenvalue weighted by Crippen LogP contribution is 2.13. The average Bonchev–Trinajstić information content (AvgIpc) is 3.20. The zero-order valence-corrected chi connectivity index (χ0v) is 16.3. The average molecular weight is 394 g/mol. The van der Waals surface area contributed by atoms with Crippen molar-refractivity contribution in [3.8, 4) is 5.75 Å². The first-order valence-electron chi connectivity index (χ1n) is 9.01. The lowest BCUT2D eigenvalue weighted by Crippen LogP contribution is -2.26. The van der Waals surface area contributed by atoms with E-state index in [0.717, 1.165) is 17.0 Å². The van der Waals surface area contributed by atoms with Gasteiger partial charge in [-0.2, -0.15) is 0 Å². The summed E-state index contributed by atoms with van der Waals surface area (Å²) in [7, 11) is 3.31. The number of carbonyl (C=O) groups excluding carboxylic acids is 2. The predicted molar refractivity (Wildman–Crippen MR) is 105 cm³/mol. The van der Waals surface area contributed by atoms with E-state index in [0.29, 0.717) is 13.2 Å². The smallest absolute Gasteiger partial charge is 0.273 e. The number of nitrogens with zero attached hydrogens (tertiary/aromatic N) is 5. The number of hydrogen-bond donors (Lipinski definition) is 1. The van der Waals surface area contributed by atoms with Gasteiger partial charge >= 0.3 is 0 Å². The molecule has 0 aliphatic heterocycles. The molecule has 3 aromatic rings. The van der Waals surface area contributed by atoms with Crippen molar-refractivity contribution >= 4 is 11.8 Å². The lowest BCUT2D eigenvalue weighted by Gasteiger charge is -2.08. The van der Waals surface area contributed by atoms with Gasteiger partial charge in [-0.3, -0.25) is 14.6 Å². The topological polar surface area (TPSA) is 102 Å². The van der Waals surface area contributed by atoms with E-state index >= 15 is 0 Å². The van der Waals surface area contributed by atoms with Crippen molar-refractivity contribution in [3.63, 3.8) is 0 Å². The van der Waals surface area contributed by atoms with Gasteiger partial charge in [0.05, 0.1) is 11.9 Å². The van der Waals surface area contributed by atoms with E-state index in [9.17, 15) is 9.59 Å². The number of benzene rings is 1. The molecule has 150 valence electrons. The number of amides is 2. The molecular weight excluding hydrogens is 372 g/mol. The largest absolute Gasteiger partial charge is 0.487 e. The molecule has 9 nitrogen and oxygen atoms in total. The molecule has 29 heavy (non-hydrogen) atoms. The molecule has 2 heterocycles. The van der Waals surface area contributed by atoms with Gasteiger partial charge in [-0.25, -0.2) is 4.68 Å². The summed E-state index contributed by atoms with van der Waals surface area (Å²) in [5, 5.41) is 10.4. The fourth-order valence-electron chi connectivity index (χ4n) is 2.38. The van der Waals surface area contributed by atoms with Gasteiger partial charge in [0.25, 0.3) is 5.91 Å². The van der Waals surface area contributed by atoms with Gasteiger partial charge < -0.3 is 15.0 Å². The Morgan fingerprint density at radius 1 is 1.14 bits per heavy atom. The van der Waals surface area contributed by atoms with Gasteiger partial charge in [0.15, 0.2) is 5.69 Å². The number of hydrogen-bond acceptors (Lipinski definition) is 6. The maximum atomic E-state index is 12.2. The molecular formula is C20H22N6O3. The molecule has 2 aromatic heterocycles. The number of carbonyl (C=O) groups is 2. The Bertz CT molecular complexity index is 954. The van der Waals surface area contributed by atoms with E-state index in [1.165, 1.54) is 15.8 Å². The van der Waals surface area contributed by atoms with Crippen LogP contribution in [0.4, 0.5) is 0 Å². The Kier molecular flexibility index (Phi) is 6.51. The first kappa shape index (κ1) is 20.0. The number of ether oxygens (including phenoxy) is 1. The van der Waals surface area contributed by atoms with Crippen LogP contribution in [-0.4, -0.2) is 50.8 Å². The molecule has 0 radical (unpaired) electrons. The molecule has 0 aliphatic carbocycles. The third kappa shape index (κ3) is 5.86. The number of likely N-dealkylation sites (N-methyl/N-ethyl adjacent to an activating group) is 1. The first-order chi connectivity index (χ1) is 14.0. The molecule has 0 spiro atoms. The molecule has 0 aliphatic rings. The van der Waals surface area contributed by atoms with Crippen molar-refractivity contribution in [2.45, 2.75) is 19.7 Å². The molecule has 9 heteroatoms. The van der Waals surface area contributed by atoms with Crippen LogP contribution >= 0.6 is 0 Å². The van der Waals surface area contributed by atoms with Crippen molar-refractivity contribution in [1.29, 1.82) is 0 Å². The summed E-state index contributed by atoms with van der Waals surface area (Å²) in [5.74, 6) is 0.232. The molecule has 0 saturated heterocycles. The van der Waals surface area contributed by atoms with E-state index in [1.54, 1.807) is 20.3 Å². The standard InChI is InChI=1S/C20H22N6O3/c1-25(2)19(27)13-26-12-18(23-24-26)20(28)22-11-15-6-8-17(9-7-15)29-14-16-5-3-4-10-21-16/h3-10,12H,11,13-14H2,1-2H3,(H,22,28). The highest BCUT2D eigenvalue weighted by Gasteiger charge is 2.13. The van der Waals surface area contributed by atoms with Crippen molar-refractivity contribution in [1.82, 2.24) is 30.2 Å². The minimum absolute atomic E-state index is 0.0350. The van der Waals surface area contributed by atoms with Gasteiger partial charge in [-0.1, -0.05) is 23.4 Å². The van der Waals surface area contributed by atoms with E-state index in [-0.39, 0.29) is 24.1 Å². The van der Waals surface area contributed by atoms with Gasteiger partial charge in [-0.15, -0.1) is 5.10 Å². The Morgan fingerprint density at radius 3 is 2.62 bits per heavy atom. The number of nitrogens with one attached hydrogen (secondary N) is 1. The Labute approximate surface area is 168 Å². The summed E-state index contributed by atoms with van der Waals surface area (Å²) in [6, 6.07) is 13.1. The lowest BCUT2D eigenvalue weighted by atomic mass is 10.2. The van der Waals surface area contributed by atoms with Crippen molar-refractivity contribution < 1.29 is 14.3 Å². The second-order valence-corrected chi connectivity index (χ2v) is 6.53. The fraction of sp³-hybridized carbons (Fsp3) is 0.250. The number of aromatic nitrogens is 4. The molecule has 0 fully saturated rings. The number of rotatable bonds is 8. The Balaban J connectivity index is 1.47. The molecule has 0 saturated carbocycles. The third-order valence-corrected chi connectivity index (χ3v) is 4.06. The minimum Gasteiger partial charge on any atom is -0.487 e. The second kappa shape index (κ2) is 9.45. The summed E-state index contributed by atoms with van der Waals surface area (Å²) in [6.07, 6.45) is 3.18. The van der Waals surface area contributed by atoms with Gasteiger partial charge in [-0.05, 0) is 29.8 Å². The van der Waals surface area contributed by atoms with E-state index < -0.39 is 0 Å². The molecule has 1 N–H and O–H groups in total. The lowest BCUT2D eigenvalue weighted by molar-refractivity contribution is -0.129. The maximum Gasteiger partial charge on any atom is 0.273 e. The van der Waals surface area contributed by atoms with Crippen LogP contribution < -0.4 is 10.1 Å². The van der Waals surface area contributed by atoms with Crippen LogP contribution in [0, 0.1) is 0 Å². The van der Waals surface area contributed by atoms with E-state index in [1.807, 2.05) is 42.5 Å². The molecule has 1 aromatic carbocycles. The summed E-state index contributed by atoms with van der Waals surface area (Å²) in [6.45, 7) is 0.763. The summed E-state index contributed by atoms with van der Waals surface area (Å²) >= 11 is 0. The van der Waals surface area contributed by atoms with Gasteiger partial charge in [0.1, 0.15) is 18.9 Å². The zero-order chi connectivity index (χ0) is 20.6. The van der Waals surface area contributed by atoms with Crippen LogP contribution in [0.3, 0.4) is 0 Å². The molecule has 0 bridgehead atoms. The van der Waals surface area contributed by atoms with Crippen LogP contribution in [0.5, 0.6) is 5.75 Å². The summed E-state index contributed by atoms with van der Waals surface area (Å²) in [4.78, 5) is 29.6. The third-order valence-electron chi connectivity index (χ3n) is 4.06. The van der Waals surface area contributed by atoms with Crippen LogP contribution in [0.1, 0.15) is 21.7 Å². The van der Waals surface area contributed by atoms with E-state index in [2.05, 4.69) is 20.6 Å². The highest BCUT2D eigenvalue weighted by atomic mass is 16.5. The molecule has 0 atom stereocenters. The predicted octanol–water partition coefficient (Wildman–Crippen LogP) is 1.27. The van der Waals surface area contributed by atoms with Gasteiger partial charge in [0, 0.05) is 26.8 Å². The molecule has 2 amide bonds. The zero-order valence-electron chi connectivity index (χ0n) is 16.3. The normalized spacial score (nSPS) is 10.4. The van der Waals surface area contributed by atoms with Gasteiger partial charge in [0.2, 0.25) is 5.91 Å². The molecule has 3 rings (SSSR count). The van der Waals surface area contributed by atoms with Crippen LogP contribution in [-0.2, 0) is 24.5 Å². The second-order valence-electron chi connectivity index (χ2n) is 6.53. The minimum atomic E-state index is -0.357. The SMILES string of the molecule is CN(C)C(=O)Cn1cc(C(=O)NCc2ccc(OCc3ccccn3)cc2)nn1. The fourth-order valence-corrected chi connectivity index (χ4v) is 2.38. The highest BCUT2D eigenvalue weighted by molar-refractivity contribution is 5.91. The number of pyridine rings is 1. The van der Waals surface area contributed by atoms with Crippen molar-refractivity contribution in [3.05, 3.63) is 71.8 Å². The Hall–Kier alpha value is -3.75. The maximum absolute atomic E-state index is 12.2. The first-order valence-corrected chi connectivity index (χ1v) is 9.01.